The summed E-state index contributed by atoms with van der Waals surface area (Å²) in [5, 5.41) is 0.563. The van der Waals surface area contributed by atoms with Crippen LogP contribution in [0.5, 0.6) is 0 Å². The molecule has 0 N–H and O–H groups in total. The lowest BCUT2D eigenvalue weighted by atomic mass is 9.99. The van der Waals surface area contributed by atoms with E-state index in [0.717, 1.165) is 0 Å². The van der Waals surface area contributed by atoms with Gasteiger partial charge in [-0.3, -0.25) is 0 Å². The average molecular weight is 367 g/mol. The van der Waals surface area contributed by atoms with Crippen LogP contribution in [0.2, 0.25) is 0 Å². The van der Waals surface area contributed by atoms with Gasteiger partial charge >= 0.3 is 0 Å². The maximum absolute atomic E-state index is 3.66. The van der Waals surface area contributed by atoms with Crippen molar-refractivity contribution in [1.82, 2.24) is 0 Å². The van der Waals surface area contributed by atoms with Crippen LogP contribution in [-0.2, 0) is 0 Å². The van der Waals surface area contributed by atoms with E-state index < -0.39 is 0 Å². The van der Waals surface area contributed by atoms with Crippen LogP contribution < -0.4 is 0 Å². The van der Waals surface area contributed by atoms with E-state index in [1.807, 2.05) is 0 Å². The number of hydrogen-bond donors (Lipinski definition) is 0. The molecule has 0 spiro atoms. The molecule has 0 aromatic rings. The quantitative estimate of drug-likeness (QED) is 0.357. The Balaban J connectivity index is 5.32. The van der Waals surface area contributed by atoms with Crippen molar-refractivity contribution >= 4 is 15.8 Å². The zero-order valence-corrected chi connectivity index (χ0v) is 20.1. The van der Waals surface area contributed by atoms with Gasteiger partial charge in [0.15, 0.2) is 0 Å². The van der Waals surface area contributed by atoms with Crippen molar-refractivity contribution in [3.8, 4) is 23.2 Å². The van der Waals surface area contributed by atoms with Crippen LogP contribution in [0.25, 0.3) is 0 Å². The summed E-state index contributed by atoms with van der Waals surface area (Å²) in [7, 11) is -0.594. The highest BCUT2D eigenvalue weighted by Crippen LogP contribution is 2.55. The standard InChI is InChI=1S/C22H40P2/c1-19(2,3)13-15-23(21(7,8)9)17-18-24(22(10,11)12)16-14-20(4,5)6/h17-18H2,1-12H3. The first-order chi connectivity index (χ1) is 10.4. The highest BCUT2D eigenvalue weighted by Gasteiger charge is 2.28. The van der Waals surface area contributed by atoms with Gasteiger partial charge in [-0.05, 0) is 80.0 Å². The van der Waals surface area contributed by atoms with Gasteiger partial charge in [0.1, 0.15) is 0 Å². The molecule has 0 fully saturated rings. The normalized spacial score (nSPS) is 15.7. The van der Waals surface area contributed by atoms with Gasteiger partial charge in [0.25, 0.3) is 0 Å². The molecule has 0 aromatic carbocycles. The van der Waals surface area contributed by atoms with Gasteiger partial charge in [-0.2, -0.15) is 0 Å². The molecule has 0 bridgehead atoms. The molecule has 0 heterocycles. The summed E-state index contributed by atoms with van der Waals surface area (Å²) in [6.45, 7) is 27.3. The van der Waals surface area contributed by atoms with E-state index in [9.17, 15) is 0 Å². The Morgan fingerprint density at radius 2 is 0.750 bits per heavy atom. The molecule has 0 aliphatic heterocycles. The second-order valence-electron chi connectivity index (χ2n) is 10.6. The van der Waals surface area contributed by atoms with E-state index >= 15 is 0 Å². The van der Waals surface area contributed by atoms with Crippen LogP contribution in [0.3, 0.4) is 0 Å². The third-order valence-corrected chi connectivity index (χ3v) is 9.00. The molecule has 0 amide bonds. The molecule has 0 saturated carbocycles. The highest BCUT2D eigenvalue weighted by atomic mass is 31.1. The first-order valence-corrected chi connectivity index (χ1v) is 12.1. The Kier molecular flexibility index (Phi) is 8.57. The maximum Gasteiger partial charge on any atom is 0.0233 e. The zero-order chi connectivity index (χ0) is 19.4. The first-order valence-electron chi connectivity index (χ1n) is 9.03. The maximum atomic E-state index is 3.66. The van der Waals surface area contributed by atoms with Crippen molar-refractivity contribution in [2.45, 2.75) is 93.4 Å². The number of rotatable bonds is 3. The van der Waals surface area contributed by atoms with Gasteiger partial charge in [-0.1, -0.05) is 64.7 Å². The van der Waals surface area contributed by atoms with Crippen molar-refractivity contribution in [3.63, 3.8) is 0 Å². The Hall–Kier alpha value is -0.0200. The molecular weight excluding hydrogens is 326 g/mol. The van der Waals surface area contributed by atoms with E-state index in [2.05, 4.69) is 106 Å². The fraction of sp³-hybridized carbons (Fsp3) is 0.818. The molecule has 2 heteroatoms. The van der Waals surface area contributed by atoms with Gasteiger partial charge in [0, 0.05) is 10.8 Å². The molecule has 0 aliphatic carbocycles. The van der Waals surface area contributed by atoms with Crippen molar-refractivity contribution in [3.05, 3.63) is 0 Å². The second-order valence-corrected chi connectivity index (χ2v) is 16.4. The minimum absolute atomic E-state index is 0.0899. The topological polar surface area (TPSA) is 0 Å². The lowest BCUT2D eigenvalue weighted by molar-refractivity contribution is 0.571. The predicted molar refractivity (Wildman–Crippen MR) is 118 cm³/mol. The van der Waals surface area contributed by atoms with Crippen LogP contribution in [0, 0.1) is 34.0 Å². The van der Waals surface area contributed by atoms with Crippen LogP contribution in [0.1, 0.15) is 83.1 Å². The zero-order valence-electron chi connectivity index (χ0n) is 18.3. The molecule has 24 heavy (non-hydrogen) atoms. The molecule has 0 aliphatic rings. The van der Waals surface area contributed by atoms with Gasteiger partial charge in [0.2, 0.25) is 0 Å². The van der Waals surface area contributed by atoms with Gasteiger partial charge in [-0.25, -0.2) is 0 Å². The Labute approximate surface area is 155 Å². The minimum atomic E-state index is -0.297. The fourth-order valence-electron chi connectivity index (χ4n) is 1.79. The summed E-state index contributed by atoms with van der Waals surface area (Å²) in [5.41, 5.74) is 7.49. The van der Waals surface area contributed by atoms with Crippen molar-refractivity contribution in [1.29, 1.82) is 0 Å². The molecule has 0 radical (unpaired) electrons. The summed E-state index contributed by atoms with van der Waals surface area (Å²) >= 11 is 0. The minimum Gasteiger partial charge on any atom is -0.0927 e. The highest BCUT2D eigenvalue weighted by molar-refractivity contribution is 7.68. The van der Waals surface area contributed by atoms with E-state index in [1.54, 1.807) is 0 Å². The van der Waals surface area contributed by atoms with Crippen LogP contribution >= 0.6 is 15.8 Å². The van der Waals surface area contributed by atoms with Crippen molar-refractivity contribution in [2.24, 2.45) is 10.8 Å². The van der Waals surface area contributed by atoms with Crippen LogP contribution in [-0.4, -0.2) is 22.6 Å². The fourth-order valence-corrected chi connectivity index (χ4v) is 6.57. The van der Waals surface area contributed by atoms with Gasteiger partial charge < -0.3 is 0 Å². The van der Waals surface area contributed by atoms with Crippen molar-refractivity contribution < 1.29 is 0 Å². The smallest absolute Gasteiger partial charge is 0.0233 e. The van der Waals surface area contributed by atoms with Gasteiger partial charge in [-0.15, -0.1) is 0 Å². The Bertz CT molecular complexity index is 458. The molecule has 0 nitrogen and oxygen atoms in total. The monoisotopic (exact) mass is 366 g/mol. The lowest BCUT2D eigenvalue weighted by Gasteiger charge is -2.31. The largest absolute Gasteiger partial charge is 0.0927 e. The van der Waals surface area contributed by atoms with Crippen LogP contribution in [0.15, 0.2) is 0 Å². The van der Waals surface area contributed by atoms with Crippen LogP contribution in [0.4, 0.5) is 0 Å². The predicted octanol–water partition coefficient (Wildman–Crippen LogP) is 7.56. The third kappa shape index (κ3) is 11.5. The Morgan fingerprint density at radius 1 is 0.500 bits per heavy atom. The summed E-state index contributed by atoms with van der Waals surface area (Å²) in [6, 6.07) is 0. The van der Waals surface area contributed by atoms with E-state index in [-0.39, 0.29) is 37.0 Å². The molecule has 0 saturated heterocycles. The van der Waals surface area contributed by atoms with Crippen molar-refractivity contribution in [2.75, 3.05) is 12.3 Å². The molecule has 0 rings (SSSR count). The second kappa shape index (κ2) is 8.58. The summed E-state index contributed by atoms with van der Waals surface area (Å²) in [6.07, 6.45) is 2.42. The molecule has 0 aromatic heterocycles. The third-order valence-electron chi connectivity index (χ3n) is 3.30. The van der Waals surface area contributed by atoms with E-state index in [0.29, 0.717) is 0 Å². The van der Waals surface area contributed by atoms with E-state index in [4.69, 9.17) is 0 Å². The lowest BCUT2D eigenvalue weighted by Crippen LogP contribution is -2.18. The molecular formula is C22H40P2. The Morgan fingerprint density at radius 3 is 0.917 bits per heavy atom. The molecule has 2 unspecified atom stereocenters. The summed E-state index contributed by atoms with van der Waals surface area (Å²) in [5.74, 6) is 6.99. The van der Waals surface area contributed by atoms with E-state index in [1.165, 1.54) is 12.3 Å². The average Bonchev–Trinajstić information content (AvgIpc) is 2.26. The molecule has 138 valence electrons. The SMILES string of the molecule is CC(C)(C)C#CP(CCP(C#CC(C)(C)C)C(C)(C)C)C(C)(C)C. The summed E-state index contributed by atoms with van der Waals surface area (Å²) < 4.78 is 0. The van der Waals surface area contributed by atoms with Gasteiger partial charge in [0.05, 0.1) is 0 Å². The molecule has 2 atom stereocenters. The summed E-state index contributed by atoms with van der Waals surface area (Å²) in [4.78, 5) is 0. The first kappa shape index (κ1) is 24.0. The number of hydrogen-bond acceptors (Lipinski definition) is 0.